The molecule has 0 unspecified atom stereocenters. The van der Waals surface area contributed by atoms with Crippen LogP contribution in [0.25, 0.3) is 0 Å². The maximum absolute atomic E-state index is 12.0. The molecule has 1 aromatic heterocycles. The second-order valence-electron chi connectivity index (χ2n) is 4.79. The maximum atomic E-state index is 12.0. The van der Waals surface area contributed by atoms with Gasteiger partial charge in [-0.1, -0.05) is 0 Å². The molecule has 14 heteroatoms. The Morgan fingerprint density at radius 3 is 1.35 bits per heavy atom. The number of nitrogens with one attached hydrogen (secondary N) is 2. The molecule has 26 heavy (non-hydrogen) atoms. The number of amides is 2. The summed E-state index contributed by atoms with van der Waals surface area (Å²) in [6, 6.07) is -3.26. The van der Waals surface area contributed by atoms with Gasteiger partial charge in [0.05, 0.1) is 13.2 Å². The molecule has 0 spiro atoms. The van der Waals surface area contributed by atoms with E-state index < -0.39 is 72.1 Å². The molecular weight excluding hydrogens is 356 g/mol. The molecule has 1 heterocycles. The molecule has 0 saturated carbocycles. The van der Waals surface area contributed by atoms with Gasteiger partial charge in [0, 0.05) is 0 Å². The van der Waals surface area contributed by atoms with Gasteiger partial charge in [-0.3, -0.25) is 9.59 Å². The van der Waals surface area contributed by atoms with E-state index in [2.05, 4.69) is 9.97 Å². The zero-order valence-electron chi connectivity index (χ0n) is 13.0. The predicted octanol–water partition coefficient (Wildman–Crippen LogP) is -4.01. The van der Waals surface area contributed by atoms with Crippen LogP contribution in [-0.4, -0.2) is 79.4 Å². The zero-order chi connectivity index (χ0) is 20.0. The van der Waals surface area contributed by atoms with Gasteiger partial charge in [0.1, 0.15) is 0 Å². The van der Waals surface area contributed by atoms with E-state index in [9.17, 15) is 19.2 Å². The fourth-order valence-corrected chi connectivity index (χ4v) is 1.62. The van der Waals surface area contributed by atoms with Crippen LogP contribution >= 0.6 is 0 Å². The Morgan fingerprint density at radius 1 is 0.808 bits per heavy atom. The third-order valence-corrected chi connectivity index (χ3v) is 2.95. The number of aliphatic hydroxyl groups excluding tert-OH is 2. The molecule has 14 nitrogen and oxygen atoms in total. The summed E-state index contributed by atoms with van der Waals surface area (Å²) >= 11 is 0. The number of nitrogens with zero attached hydrogens (tertiary/aromatic N) is 2. The number of hydrogen-bond donors (Lipinski definition) is 8. The number of anilines is 2. The number of hydrogen-bond acceptors (Lipinski definition) is 10. The Kier molecular flexibility index (Phi) is 6.74. The van der Waals surface area contributed by atoms with E-state index in [1.807, 2.05) is 10.6 Å². The van der Waals surface area contributed by atoms with Crippen LogP contribution in [0.2, 0.25) is 0 Å². The van der Waals surface area contributed by atoms with Gasteiger partial charge < -0.3 is 42.5 Å². The highest BCUT2D eigenvalue weighted by Crippen LogP contribution is 2.13. The molecule has 0 aliphatic heterocycles. The highest BCUT2D eigenvalue weighted by Gasteiger charge is 2.26. The highest BCUT2D eigenvalue weighted by molar-refractivity contribution is 6.02. The quantitative estimate of drug-likeness (QED) is 0.217. The van der Waals surface area contributed by atoms with E-state index in [4.69, 9.17) is 31.9 Å². The number of nitrogens with two attached hydrogens (primary N) is 2. The maximum Gasteiger partial charge on any atom is 0.328 e. The number of aromatic nitrogens is 2. The number of carbonyl (C=O) groups is 4. The molecule has 1 rings (SSSR count). The molecule has 0 bridgehead atoms. The summed E-state index contributed by atoms with van der Waals surface area (Å²) in [5, 5.41) is 39.1. The van der Waals surface area contributed by atoms with E-state index in [-0.39, 0.29) is 0 Å². The average Bonchev–Trinajstić information content (AvgIpc) is 2.57. The molecule has 0 aliphatic rings. The van der Waals surface area contributed by atoms with Crippen LogP contribution in [0.5, 0.6) is 0 Å². The third kappa shape index (κ3) is 4.74. The van der Waals surface area contributed by atoms with Crippen LogP contribution in [-0.2, 0) is 9.59 Å². The summed E-state index contributed by atoms with van der Waals surface area (Å²) in [6.45, 7) is -1.80. The van der Waals surface area contributed by atoms with Crippen molar-refractivity contribution in [2.45, 2.75) is 12.1 Å². The fourth-order valence-electron chi connectivity index (χ4n) is 1.62. The SMILES string of the molecule is Nc1nc(C(=O)N[C@H](CO)C(=O)O)c(N)nc1C(=O)N[C@@H](CO)C(=O)O. The Balaban J connectivity index is 3.07. The first-order chi connectivity index (χ1) is 12.1. The zero-order valence-corrected chi connectivity index (χ0v) is 13.0. The second kappa shape index (κ2) is 8.54. The van der Waals surface area contributed by atoms with Crippen molar-refractivity contribution in [3.05, 3.63) is 11.4 Å². The molecule has 1 aromatic rings. The van der Waals surface area contributed by atoms with Crippen molar-refractivity contribution in [3.63, 3.8) is 0 Å². The van der Waals surface area contributed by atoms with Gasteiger partial charge in [0.15, 0.2) is 35.1 Å². The largest absolute Gasteiger partial charge is 0.480 e. The first-order valence-electron chi connectivity index (χ1n) is 6.84. The molecule has 0 aromatic carbocycles. The van der Waals surface area contributed by atoms with Crippen LogP contribution in [0.3, 0.4) is 0 Å². The number of rotatable bonds is 8. The lowest BCUT2D eigenvalue weighted by Gasteiger charge is -2.14. The minimum absolute atomic E-state index is 0.597. The smallest absolute Gasteiger partial charge is 0.328 e. The van der Waals surface area contributed by atoms with Gasteiger partial charge in [-0.15, -0.1) is 0 Å². The van der Waals surface area contributed by atoms with Crippen molar-refractivity contribution in [2.75, 3.05) is 24.7 Å². The summed E-state index contributed by atoms with van der Waals surface area (Å²) in [7, 11) is 0. The third-order valence-electron chi connectivity index (χ3n) is 2.95. The minimum atomic E-state index is -1.63. The van der Waals surface area contributed by atoms with Crippen molar-refractivity contribution >= 4 is 35.4 Å². The predicted molar refractivity (Wildman–Crippen MR) is 82.8 cm³/mol. The lowest BCUT2D eigenvalue weighted by atomic mass is 10.2. The van der Waals surface area contributed by atoms with Crippen molar-refractivity contribution in [3.8, 4) is 0 Å². The molecule has 142 valence electrons. The monoisotopic (exact) mass is 372 g/mol. The summed E-state index contributed by atoms with van der Waals surface area (Å²) in [6.07, 6.45) is 0. The first kappa shape index (κ1) is 20.5. The standard InChI is InChI=1S/C12H16N6O8/c13-7-5(9(21)15-3(1-19)11(23)24)17-8(14)6(18-7)10(22)16-4(2-20)12(25)26/h3-4,19-20H,1-2H2,(H2,14,17)(H2,13,18)(H,15,21)(H,16,22)(H,23,24)(H,25,26)/t3-,4+. The topological polar surface area (TPSA) is 251 Å². The summed E-state index contributed by atoms with van der Waals surface area (Å²) in [5.74, 6) is -6.46. The van der Waals surface area contributed by atoms with Crippen molar-refractivity contribution in [2.24, 2.45) is 0 Å². The molecule has 0 aliphatic carbocycles. The van der Waals surface area contributed by atoms with Gasteiger partial charge in [-0.2, -0.15) is 0 Å². The van der Waals surface area contributed by atoms with Gasteiger partial charge >= 0.3 is 11.9 Å². The lowest BCUT2D eigenvalue weighted by molar-refractivity contribution is -0.141. The van der Waals surface area contributed by atoms with E-state index in [1.54, 1.807) is 0 Å². The number of carboxylic acid groups (broad SMARTS) is 2. The molecule has 2 atom stereocenters. The van der Waals surface area contributed by atoms with Crippen LogP contribution in [0.15, 0.2) is 0 Å². The van der Waals surface area contributed by atoms with Crippen molar-refractivity contribution in [1.82, 2.24) is 20.6 Å². The summed E-state index contributed by atoms with van der Waals surface area (Å²) in [5.41, 5.74) is 9.80. The van der Waals surface area contributed by atoms with Gasteiger partial charge in [-0.05, 0) is 0 Å². The van der Waals surface area contributed by atoms with Crippen LogP contribution in [0.4, 0.5) is 11.6 Å². The Labute approximate surface area is 144 Å². The number of nitrogen functional groups attached to an aromatic ring is 2. The first-order valence-corrected chi connectivity index (χ1v) is 6.84. The van der Waals surface area contributed by atoms with Gasteiger partial charge in [0.2, 0.25) is 0 Å². The normalized spacial score (nSPS) is 12.7. The molecule has 2 amide bonds. The highest BCUT2D eigenvalue weighted by atomic mass is 16.4. The summed E-state index contributed by atoms with van der Waals surface area (Å²) in [4.78, 5) is 52.6. The van der Waals surface area contributed by atoms with Crippen LogP contribution in [0, 0.1) is 0 Å². The average molecular weight is 372 g/mol. The summed E-state index contributed by atoms with van der Waals surface area (Å²) < 4.78 is 0. The van der Waals surface area contributed by atoms with Crippen LogP contribution in [0.1, 0.15) is 21.0 Å². The van der Waals surface area contributed by atoms with E-state index in [0.717, 1.165) is 0 Å². The second-order valence-corrected chi connectivity index (χ2v) is 4.79. The molecule has 10 N–H and O–H groups in total. The van der Waals surface area contributed by atoms with E-state index in [0.29, 0.717) is 0 Å². The molecule has 0 saturated heterocycles. The van der Waals surface area contributed by atoms with E-state index in [1.165, 1.54) is 0 Å². The van der Waals surface area contributed by atoms with Gasteiger partial charge in [0.25, 0.3) is 11.8 Å². The number of aliphatic hydroxyl groups is 2. The van der Waals surface area contributed by atoms with Crippen LogP contribution < -0.4 is 22.1 Å². The minimum Gasteiger partial charge on any atom is -0.480 e. The molecule has 0 fully saturated rings. The van der Waals surface area contributed by atoms with Crippen molar-refractivity contribution in [1.29, 1.82) is 0 Å². The number of carboxylic acids is 2. The number of carbonyl (C=O) groups excluding carboxylic acids is 2. The number of aliphatic carboxylic acids is 2. The molecular formula is C12H16N6O8. The van der Waals surface area contributed by atoms with Gasteiger partial charge in [-0.25, -0.2) is 19.6 Å². The Bertz CT molecular complexity index is 677. The van der Waals surface area contributed by atoms with E-state index >= 15 is 0 Å². The Hall–Kier alpha value is -3.52. The Morgan fingerprint density at radius 2 is 1.12 bits per heavy atom. The van der Waals surface area contributed by atoms with Crippen molar-refractivity contribution < 1.29 is 39.6 Å². The fraction of sp³-hybridized carbons (Fsp3) is 0.333. The lowest BCUT2D eigenvalue weighted by Crippen LogP contribution is -2.45. The molecule has 0 radical (unpaired) electrons.